The summed E-state index contributed by atoms with van der Waals surface area (Å²) in [5.41, 5.74) is 0.278. The average molecular weight is 212 g/mol. The Morgan fingerprint density at radius 2 is 1.80 bits per heavy atom. The molecule has 3 heteroatoms. The third-order valence-corrected chi connectivity index (χ3v) is 0.732. The zero-order chi connectivity index (χ0) is 8.57. The van der Waals surface area contributed by atoms with Crippen LogP contribution in [0.3, 0.4) is 0 Å². The van der Waals surface area contributed by atoms with Crippen molar-refractivity contribution < 1.29 is 21.7 Å². The monoisotopic (exact) mass is 210 g/mol. The van der Waals surface area contributed by atoms with Crippen LogP contribution in [-0.4, -0.2) is 0 Å². The van der Waals surface area contributed by atoms with E-state index in [2.05, 4.69) is 20.1 Å². The van der Waals surface area contributed by atoms with Gasteiger partial charge in [-0.15, -0.1) is 6.58 Å². The molecule has 10 heavy (non-hydrogen) atoms. The van der Waals surface area contributed by atoms with E-state index >= 15 is 0 Å². The van der Waals surface area contributed by atoms with Crippen molar-refractivity contribution in [3.8, 4) is 0 Å². The molecule has 0 aliphatic heterocycles. The number of allylic oxidation sites excluding steroid dienone is 4. The number of hydrogen-bond donors (Lipinski definition) is 0. The van der Waals surface area contributed by atoms with Gasteiger partial charge in [0.15, 0.2) is 0 Å². The van der Waals surface area contributed by atoms with Gasteiger partial charge in [0.1, 0.15) is 0 Å². The van der Waals surface area contributed by atoms with Crippen LogP contribution in [-0.2, 0) is 17.3 Å². The average Bonchev–Trinajstić information content (AvgIpc) is 2.05. The van der Waals surface area contributed by atoms with Gasteiger partial charge in [-0.25, -0.2) is 0 Å². The van der Waals surface area contributed by atoms with E-state index < -0.39 is 5.83 Å². The van der Waals surface area contributed by atoms with Crippen LogP contribution in [0.4, 0.5) is 4.39 Å². The van der Waals surface area contributed by atoms with Crippen molar-refractivity contribution in [2.24, 2.45) is 0 Å². The Labute approximate surface area is 75.2 Å². The topological polar surface area (TPSA) is 0 Å². The second-order valence-electron chi connectivity index (χ2n) is 1.28. The molecule has 0 aromatic carbocycles. The molecule has 0 radical (unpaired) electrons. The molecule has 0 aromatic heterocycles. The molecule has 0 saturated heterocycles. The summed E-state index contributed by atoms with van der Waals surface area (Å²) in [6.45, 7) is 9.87. The number of hydrogen-bond acceptors (Lipinski definition) is 0. The Morgan fingerprint density at radius 3 is 1.90 bits per heavy atom. The molecule has 0 bridgehead atoms. The standard InChI is InChI=1S/C7H8F.ClH.Zn/c1-4-6(3)7(8)5-2;;/h4-5H,1-3H2;1H;/q-1;;+2/p-1/b7-6+;;. The maximum atomic E-state index is 12.2. The molecular weight excluding hydrogens is 204 g/mol. The second-order valence-corrected chi connectivity index (χ2v) is 1.28. The molecule has 0 unspecified atom stereocenters. The summed E-state index contributed by atoms with van der Waals surface area (Å²) < 4.78 is 12.2. The fourth-order valence-corrected chi connectivity index (χ4v) is 0.229. The van der Waals surface area contributed by atoms with E-state index in [1.54, 1.807) is 0 Å². The van der Waals surface area contributed by atoms with Crippen LogP contribution in [0.2, 0.25) is 0 Å². The van der Waals surface area contributed by atoms with Gasteiger partial charge in [0.2, 0.25) is 0 Å². The Hall–Kier alpha value is -0.0666. The molecule has 0 amide bonds. The van der Waals surface area contributed by atoms with Gasteiger partial charge >= 0.3 is 27.0 Å². The van der Waals surface area contributed by atoms with E-state index in [1.165, 1.54) is 6.08 Å². The van der Waals surface area contributed by atoms with Crippen LogP contribution in [0.1, 0.15) is 0 Å². The first-order chi connectivity index (χ1) is 4.72. The van der Waals surface area contributed by atoms with Gasteiger partial charge in [-0.3, -0.25) is 4.39 Å². The van der Waals surface area contributed by atoms with Crippen LogP contribution in [0.25, 0.3) is 0 Å². The Morgan fingerprint density at radius 1 is 1.40 bits per heavy atom. The van der Waals surface area contributed by atoms with Crippen molar-refractivity contribution in [3.05, 3.63) is 43.6 Å². The summed E-state index contributed by atoms with van der Waals surface area (Å²) >= 11 is 0.847. The molecule has 52 valence electrons. The number of halogens is 2. The van der Waals surface area contributed by atoms with E-state index in [-0.39, 0.29) is 5.57 Å². The van der Waals surface area contributed by atoms with Gasteiger partial charge in [-0.05, 0) is 0 Å². The summed E-state index contributed by atoms with van der Waals surface area (Å²) in [6.07, 6.45) is 2.45. The zero-order valence-electron chi connectivity index (χ0n) is 5.74. The van der Waals surface area contributed by atoms with E-state index in [0.717, 1.165) is 23.4 Å². The minimum atomic E-state index is -0.417. The first kappa shape index (κ1) is 12.6. The summed E-state index contributed by atoms with van der Waals surface area (Å²) in [5.74, 6) is -0.417. The third-order valence-electron chi connectivity index (χ3n) is 0.732. The van der Waals surface area contributed by atoms with Gasteiger partial charge in [0, 0.05) is 5.83 Å². The second kappa shape index (κ2) is 8.93. The van der Waals surface area contributed by atoms with Crippen molar-refractivity contribution in [2.75, 3.05) is 0 Å². The first-order valence-electron chi connectivity index (χ1n) is 2.45. The molecule has 0 rings (SSSR count). The number of rotatable bonds is 2. The van der Waals surface area contributed by atoms with Crippen molar-refractivity contribution in [3.63, 3.8) is 0 Å². The molecule has 0 aliphatic carbocycles. The molecule has 0 atom stereocenters. The summed E-state index contributed by atoms with van der Waals surface area (Å²) in [6, 6.07) is 0. The Bertz CT molecular complexity index is 125. The third kappa shape index (κ3) is 6.06. The van der Waals surface area contributed by atoms with Gasteiger partial charge in [0.05, 0.1) is 0 Å². The predicted molar refractivity (Wildman–Crippen MR) is 39.7 cm³/mol. The molecule has 0 nitrogen and oxygen atoms in total. The normalized spacial score (nSPS) is 10.4. The first-order valence-corrected chi connectivity index (χ1v) is 6.35. The van der Waals surface area contributed by atoms with Crippen LogP contribution >= 0.6 is 9.69 Å². The van der Waals surface area contributed by atoms with Crippen molar-refractivity contribution in [1.29, 1.82) is 0 Å². The molecule has 0 saturated carbocycles. The molecule has 0 aliphatic rings. The maximum absolute atomic E-state index is 12.2. The SMILES string of the molecule is C=C/C([CH2-])=C(/F)C=C.[Cl][Zn+]. The molecular formula is C7H8ClFZn. The molecule has 0 aromatic rings. The van der Waals surface area contributed by atoms with E-state index in [4.69, 9.17) is 9.69 Å². The van der Waals surface area contributed by atoms with Gasteiger partial charge < -0.3 is 0 Å². The van der Waals surface area contributed by atoms with Crippen LogP contribution < -0.4 is 0 Å². The molecule has 0 fully saturated rings. The van der Waals surface area contributed by atoms with Gasteiger partial charge in [0.25, 0.3) is 0 Å². The van der Waals surface area contributed by atoms with Crippen LogP contribution in [0, 0.1) is 6.92 Å². The van der Waals surface area contributed by atoms with Crippen LogP contribution in [0.5, 0.6) is 0 Å². The van der Waals surface area contributed by atoms with Gasteiger partial charge in [-0.2, -0.15) is 25.2 Å². The molecule has 0 N–H and O–H groups in total. The summed E-state index contributed by atoms with van der Waals surface area (Å²) in [4.78, 5) is 0. The fourth-order valence-electron chi connectivity index (χ4n) is 0.229. The van der Waals surface area contributed by atoms with Crippen LogP contribution in [0.15, 0.2) is 36.7 Å². The Balaban J connectivity index is 0. The van der Waals surface area contributed by atoms with Crippen molar-refractivity contribution in [1.82, 2.24) is 0 Å². The molecule has 0 spiro atoms. The predicted octanol–water partition coefficient (Wildman–Crippen LogP) is 3.10. The quantitative estimate of drug-likeness (QED) is 0.374. The minimum absolute atomic E-state index is 0.278. The van der Waals surface area contributed by atoms with Gasteiger partial charge in [-0.1, -0.05) is 6.08 Å². The summed E-state index contributed by atoms with van der Waals surface area (Å²) in [5, 5.41) is 0. The molecule has 0 heterocycles. The van der Waals surface area contributed by atoms with Crippen molar-refractivity contribution >= 4 is 9.69 Å². The summed E-state index contributed by atoms with van der Waals surface area (Å²) in [7, 11) is 4.76. The van der Waals surface area contributed by atoms with E-state index in [0.29, 0.717) is 0 Å². The van der Waals surface area contributed by atoms with Crippen molar-refractivity contribution in [2.45, 2.75) is 0 Å². The zero-order valence-corrected chi connectivity index (χ0v) is 9.46. The fraction of sp³-hybridized carbons (Fsp3) is 0. The Kier molecular flexibility index (Phi) is 11.3. The van der Waals surface area contributed by atoms with E-state index in [9.17, 15) is 4.39 Å². The van der Waals surface area contributed by atoms with E-state index in [1.807, 2.05) is 0 Å².